The van der Waals surface area contributed by atoms with Gasteiger partial charge in [-0.25, -0.2) is 0 Å². The molecule has 0 radical (unpaired) electrons. The summed E-state index contributed by atoms with van der Waals surface area (Å²) in [4.78, 5) is 20.1. The van der Waals surface area contributed by atoms with Crippen LogP contribution in [0, 0.1) is 0 Å². The molecule has 3 aliphatic heterocycles. The second kappa shape index (κ2) is 7.44. The molecule has 1 saturated heterocycles. The molecule has 1 aromatic heterocycles. The number of hydrogen-bond donors (Lipinski definition) is 0. The second-order valence-corrected chi connectivity index (χ2v) is 8.74. The van der Waals surface area contributed by atoms with Crippen LogP contribution in [0.4, 0.5) is 5.69 Å². The standard InChI is InChI=1S/C22H30N6O/c1-25-12-13-28-20(15-25)23-24-21(28)19-7-3-4-11-27(19)22(29)17-8-9-18-16(14-17)6-5-10-26(18)2/h8-9,14,19H,3-7,10-13,15H2,1-2H3/t19-/m1/s1. The molecule has 0 aliphatic carbocycles. The van der Waals surface area contributed by atoms with Crippen LogP contribution in [0.2, 0.25) is 0 Å². The minimum Gasteiger partial charge on any atom is -0.374 e. The van der Waals surface area contributed by atoms with Gasteiger partial charge in [-0.3, -0.25) is 9.69 Å². The van der Waals surface area contributed by atoms with Crippen molar-refractivity contribution in [3.05, 3.63) is 41.0 Å². The lowest BCUT2D eigenvalue weighted by molar-refractivity contribution is 0.0591. The lowest BCUT2D eigenvalue weighted by Gasteiger charge is -2.36. The Labute approximate surface area is 172 Å². The molecule has 0 saturated carbocycles. The van der Waals surface area contributed by atoms with Crippen LogP contribution in [0.5, 0.6) is 0 Å². The van der Waals surface area contributed by atoms with Crippen LogP contribution in [0.25, 0.3) is 0 Å². The van der Waals surface area contributed by atoms with Crippen LogP contribution in [0.3, 0.4) is 0 Å². The molecule has 154 valence electrons. The van der Waals surface area contributed by atoms with Gasteiger partial charge in [0.25, 0.3) is 5.91 Å². The minimum absolute atomic E-state index is 0.0274. The van der Waals surface area contributed by atoms with Gasteiger partial charge in [0.15, 0.2) is 5.82 Å². The fraction of sp³-hybridized carbons (Fsp3) is 0.591. The van der Waals surface area contributed by atoms with Gasteiger partial charge in [-0.05, 0) is 62.9 Å². The zero-order chi connectivity index (χ0) is 20.0. The lowest BCUT2D eigenvalue weighted by atomic mass is 9.97. The molecule has 1 fully saturated rings. The van der Waals surface area contributed by atoms with Gasteiger partial charge in [0, 0.05) is 44.5 Å². The maximum atomic E-state index is 13.5. The third-order valence-electron chi connectivity index (χ3n) is 6.71. The highest BCUT2D eigenvalue weighted by Crippen LogP contribution is 2.33. The van der Waals surface area contributed by atoms with Crippen LogP contribution < -0.4 is 4.90 Å². The predicted octanol–water partition coefficient (Wildman–Crippen LogP) is 2.47. The molecule has 0 spiro atoms. The molecule has 29 heavy (non-hydrogen) atoms. The summed E-state index contributed by atoms with van der Waals surface area (Å²) >= 11 is 0. The highest BCUT2D eigenvalue weighted by Gasteiger charge is 2.34. The molecule has 7 nitrogen and oxygen atoms in total. The van der Waals surface area contributed by atoms with E-state index in [0.29, 0.717) is 0 Å². The molecule has 1 amide bonds. The SMILES string of the molecule is CN1CCn2c(nnc2[C@H]2CCCCN2C(=O)c2ccc3c(c2)CCCN3C)C1. The number of likely N-dealkylation sites (tertiary alicyclic amines) is 1. The number of benzene rings is 1. The molecule has 4 heterocycles. The summed E-state index contributed by atoms with van der Waals surface area (Å²) in [7, 11) is 4.24. The van der Waals surface area contributed by atoms with Crippen molar-refractivity contribution in [3.8, 4) is 0 Å². The maximum absolute atomic E-state index is 13.5. The Hall–Kier alpha value is -2.41. The molecule has 7 heteroatoms. The molecule has 0 bridgehead atoms. The molecule has 1 aromatic carbocycles. The summed E-state index contributed by atoms with van der Waals surface area (Å²) in [5.41, 5.74) is 3.36. The first-order valence-electron chi connectivity index (χ1n) is 10.9. The van der Waals surface area contributed by atoms with E-state index in [4.69, 9.17) is 0 Å². The molecule has 2 aromatic rings. The molecule has 5 rings (SSSR count). The highest BCUT2D eigenvalue weighted by atomic mass is 16.2. The number of amides is 1. The average Bonchev–Trinajstić information content (AvgIpc) is 3.16. The van der Waals surface area contributed by atoms with Gasteiger partial charge in [-0.15, -0.1) is 10.2 Å². The number of hydrogen-bond acceptors (Lipinski definition) is 5. The molecule has 0 N–H and O–H groups in total. The monoisotopic (exact) mass is 394 g/mol. The van der Waals surface area contributed by atoms with Gasteiger partial charge >= 0.3 is 0 Å². The van der Waals surface area contributed by atoms with E-state index in [1.807, 2.05) is 11.0 Å². The number of nitrogens with zero attached hydrogens (tertiary/aromatic N) is 6. The first kappa shape index (κ1) is 18.6. The van der Waals surface area contributed by atoms with Crippen LogP contribution in [-0.2, 0) is 19.5 Å². The first-order valence-corrected chi connectivity index (χ1v) is 10.9. The largest absolute Gasteiger partial charge is 0.374 e. The Morgan fingerprint density at radius 1 is 1.03 bits per heavy atom. The predicted molar refractivity (Wildman–Crippen MR) is 112 cm³/mol. The zero-order valence-corrected chi connectivity index (χ0v) is 17.5. The van der Waals surface area contributed by atoms with Crippen molar-refractivity contribution >= 4 is 11.6 Å². The second-order valence-electron chi connectivity index (χ2n) is 8.74. The Morgan fingerprint density at radius 3 is 2.83 bits per heavy atom. The van der Waals surface area contributed by atoms with Crippen molar-refractivity contribution in [1.82, 2.24) is 24.6 Å². The number of aromatic nitrogens is 3. The summed E-state index contributed by atoms with van der Waals surface area (Å²) in [5, 5.41) is 8.99. The van der Waals surface area contributed by atoms with Crippen molar-refractivity contribution in [2.45, 2.75) is 51.2 Å². The quantitative estimate of drug-likeness (QED) is 0.783. The number of fused-ring (bicyclic) bond motifs is 2. The summed E-state index contributed by atoms with van der Waals surface area (Å²) in [6, 6.07) is 6.27. The van der Waals surface area contributed by atoms with Gasteiger partial charge in [0.05, 0.1) is 12.6 Å². The number of carbonyl (C=O) groups excluding carboxylic acids is 1. The molecule has 1 atom stereocenters. The third-order valence-corrected chi connectivity index (χ3v) is 6.71. The summed E-state index contributed by atoms with van der Waals surface area (Å²) in [5.74, 6) is 2.12. The maximum Gasteiger partial charge on any atom is 0.254 e. The topological polar surface area (TPSA) is 57.5 Å². The van der Waals surface area contributed by atoms with E-state index in [2.05, 4.69) is 50.8 Å². The van der Waals surface area contributed by atoms with E-state index in [9.17, 15) is 4.79 Å². The van der Waals surface area contributed by atoms with Gasteiger partial charge in [0.2, 0.25) is 0 Å². The minimum atomic E-state index is 0.0274. The number of likely N-dealkylation sites (N-methyl/N-ethyl adjacent to an activating group) is 1. The van der Waals surface area contributed by atoms with Gasteiger partial charge < -0.3 is 14.4 Å². The van der Waals surface area contributed by atoms with E-state index >= 15 is 0 Å². The van der Waals surface area contributed by atoms with Crippen LogP contribution in [0.1, 0.15) is 59.3 Å². The fourth-order valence-electron chi connectivity index (χ4n) is 5.07. The van der Waals surface area contributed by atoms with Crippen LogP contribution in [0.15, 0.2) is 18.2 Å². The third kappa shape index (κ3) is 3.31. The molecular formula is C22H30N6O. The van der Waals surface area contributed by atoms with Gasteiger partial charge in [-0.2, -0.15) is 0 Å². The zero-order valence-electron chi connectivity index (χ0n) is 17.5. The van der Waals surface area contributed by atoms with Gasteiger partial charge in [-0.1, -0.05) is 0 Å². The summed E-state index contributed by atoms with van der Waals surface area (Å²) < 4.78 is 2.25. The molecule has 3 aliphatic rings. The van der Waals surface area contributed by atoms with Gasteiger partial charge in [0.1, 0.15) is 5.82 Å². The fourth-order valence-corrected chi connectivity index (χ4v) is 5.07. The number of rotatable bonds is 2. The smallest absolute Gasteiger partial charge is 0.254 e. The van der Waals surface area contributed by atoms with E-state index < -0.39 is 0 Å². The molecular weight excluding hydrogens is 364 g/mol. The van der Waals surface area contributed by atoms with Crippen molar-refractivity contribution < 1.29 is 4.79 Å². The van der Waals surface area contributed by atoms with Crippen LogP contribution >= 0.6 is 0 Å². The van der Waals surface area contributed by atoms with Crippen molar-refractivity contribution in [1.29, 1.82) is 0 Å². The van der Waals surface area contributed by atoms with Crippen LogP contribution in [-0.4, -0.2) is 64.2 Å². The molecule has 0 unspecified atom stereocenters. The normalized spacial score (nSPS) is 22.3. The first-order chi connectivity index (χ1) is 14.1. The number of piperidine rings is 1. The number of carbonyl (C=O) groups is 1. The van der Waals surface area contributed by atoms with E-state index in [1.54, 1.807) is 0 Å². The number of anilines is 1. The van der Waals surface area contributed by atoms with Crippen molar-refractivity contribution in [2.24, 2.45) is 0 Å². The Balaban J connectivity index is 1.44. The summed E-state index contributed by atoms with van der Waals surface area (Å²) in [6.45, 7) is 4.60. The van der Waals surface area contributed by atoms with E-state index in [1.165, 1.54) is 11.3 Å². The van der Waals surface area contributed by atoms with Crippen molar-refractivity contribution in [2.75, 3.05) is 38.6 Å². The van der Waals surface area contributed by atoms with E-state index in [-0.39, 0.29) is 11.9 Å². The van der Waals surface area contributed by atoms with Crippen molar-refractivity contribution in [3.63, 3.8) is 0 Å². The lowest BCUT2D eigenvalue weighted by Crippen LogP contribution is -2.41. The number of aryl methyl sites for hydroxylation is 1. The Bertz CT molecular complexity index is 922. The summed E-state index contributed by atoms with van der Waals surface area (Å²) in [6.07, 6.45) is 5.35. The highest BCUT2D eigenvalue weighted by molar-refractivity contribution is 5.95. The Kier molecular flexibility index (Phi) is 4.78. The Morgan fingerprint density at radius 2 is 1.93 bits per heavy atom. The van der Waals surface area contributed by atoms with E-state index in [0.717, 1.165) is 82.0 Å². The average molecular weight is 395 g/mol.